The minimum Gasteiger partial charge on any atom is -0.396 e. The molecule has 1 atom stereocenters. The van der Waals surface area contributed by atoms with Crippen molar-refractivity contribution in [3.63, 3.8) is 0 Å². The standard InChI is InChI=1S/C12H23N3O3/c1-2-13-12(18)14-11(17)9-15-7-3-5-10(15)6-4-8-16/h10,16H,2-9H2,1H3,(H2,13,14,17,18). The summed E-state index contributed by atoms with van der Waals surface area (Å²) in [5, 5.41) is 13.7. The lowest BCUT2D eigenvalue weighted by Gasteiger charge is -2.23. The minimum absolute atomic E-state index is 0.190. The quantitative estimate of drug-likeness (QED) is 0.629. The van der Waals surface area contributed by atoms with Crippen molar-refractivity contribution in [1.82, 2.24) is 15.5 Å². The number of urea groups is 1. The van der Waals surface area contributed by atoms with Crippen LogP contribution >= 0.6 is 0 Å². The largest absolute Gasteiger partial charge is 0.396 e. The van der Waals surface area contributed by atoms with Crippen LogP contribution < -0.4 is 10.6 Å². The molecule has 1 heterocycles. The van der Waals surface area contributed by atoms with Gasteiger partial charge in [0.15, 0.2) is 0 Å². The maximum Gasteiger partial charge on any atom is 0.321 e. The monoisotopic (exact) mass is 257 g/mol. The van der Waals surface area contributed by atoms with Gasteiger partial charge in [0.1, 0.15) is 0 Å². The molecule has 104 valence electrons. The molecule has 0 saturated carbocycles. The Labute approximate surface area is 108 Å². The highest BCUT2D eigenvalue weighted by atomic mass is 16.3. The topological polar surface area (TPSA) is 81.7 Å². The summed E-state index contributed by atoms with van der Waals surface area (Å²) in [5.41, 5.74) is 0. The molecule has 1 fully saturated rings. The number of aliphatic hydroxyl groups is 1. The van der Waals surface area contributed by atoms with Crippen molar-refractivity contribution in [3.05, 3.63) is 0 Å². The van der Waals surface area contributed by atoms with Gasteiger partial charge in [-0.15, -0.1) is 0 Å². The van der Waals surface area contributed by atoms with Crippen molar-refractivity contribution in [2.45, 2.75) is 38.6 Å². The van der Waals surface area contributed by atoms with Crippen LogP contribution in [0.4, 0.5) is 4.79 Å². The number of hydrogen-bond donors (Lipinski definition) is 3. The first-order valence-electron chi connectivity index (χ1n) is 6.60. The molecule has 3 amide bonds. The molecule has 0 aromatic carbocycles. The molecule has 3 N–H and O–H groups in total. The van der Waals surface area contributed by atoms with Gasteiger partial charge in [0.05, 0.1) is 6.54 Å². The number of carbonyl (C=O) groups is 2. The molecule has 0 radical (unpaired) electrons. The SMILES string of the molecule is CCNC(=O)NC(=O)CN1CCCC1CCCO. The van der Waals surface area contributed by atoms with E-state index in [9.17, 15) is 9.59 Å². The molecule has 0 aromatic rings. The third-order valence-corrected chi connectivity index (χ3v) is 3.13. The summed E-state index contributed by atoms with van der Waals surface area (Å²) < 4.78 is 0. The zero-order valence-corrected chi connectivity index (χ0v) is 10.9. The zero-order chi connectivity index (χ0) is 13.4. The van der Waals surface area contributed by atoms with E-state index in [-0.39, 0.29) is 19.1 Å². The number of aliphatic hydroxyl groups excluding tert-OH is 1. The molecule has 0 aliphatic carbocycles. The van der Waals surface area contributed by atoms with Gasteiger partial charge in [0.2, 0.25) is 5.91 Å². The van der Waals surface area contributed by atoms with Gasteiger partial charge >= 0.3 is 6.03 Å². The number of amides is 3. The third-order valence-electron chi connectivity index (χ3n) is 3.13. The summed E-state index contributed by atoms with van der Waals surface area (Å²) >= 11 is 0. The lowest BCUT2D eigenvalue weighted by molar-refractivity contribution is -0.121. The van der Waals surface area contributed by atoms with Gasteiger partial charge in [-0.2, -0.15) is 0 Å². The van der Waals surface area contributed by atoms with Crippen LogP contribution in [0, 0.1) is 0 Å². The van der Waals surface area contributed by atoms with E-state index in [1.54, 1.807) is 6.92 Å². The summed E-state index contributed by atoms with van der Waals surface area (Å²) in [6, 6.07) is -0.0780. The fraction of sp³-hybridized carbons (Fsp3) is 0.833. The maximum absolute atomic E-state index is 11.6. The van der Waals surface area contributed by atoms with E-state index in [0.29, 0.717) is 12.6 Å². The first kappa shape index (κ1) is 14.9. The average molecular weight is 257 g/mol. The van der Waals surface area contributed by atoms with Gasteiger partial charge in [-0.05, 0) is 39.2 Å². The summed E-state index contributed by atoms with van der Waals surface area (Å²) in [7, 11) is 0. The maximum atomic E-state index is 11.6. The van der Waals surface area contributed by atoms with E-state index in [1.165, 1.54) is 0 Å². The van der Waals surface area contributed by atoms with Crippen LogP contribution in [0.25, 0.3) is 0 Å². The Balaban J connectivity index is 2.31. The molecule has 1 rings (SSSR count). The predicted molar refractivity (Wildman–Crippen MR) is 68.1 cm³/mol. The molecule has 1 aliphatic heterocycles. The Bertz CT molecular complexity index is 284. The third kappa shape index (κ3) is 5.01. The van der Waals surface area contributed by atoms with E-state index in [0.717, 1.165) is 32.2 Å². The molecule has 0 spiro atoms. The van der Waals surface area contributed by atoms with Gasteiger partial charge in [-0.25, -0.2) is 4.79 Å². The van der Waals surface area contributed by atoms with Crippen molar-refractivity contribution in [2.24, 2.45) is 0 Å². The molecule has 0 aromatic heterocycles. The van der Waals surface area contributed by atoms with Crippen molar-refractivity contribution >= 4 is 11.9 Å². The number of rotatable bonds is 6. The van der Waals surface area contributed by atoms with E-state index >= 15 is 0 Å². The highest BCUT2D eigenvalue weighted by molar-refractivity contribution is 5.95. The van der Waals surface area contributed by atoms with E-state index < -0.39 is 6.03 Å². The fourth-order valence-corrected chi connectivity index (χ4v) is 2.31. The number of hydrogen-bond acceptors (Lipinski definition) is 4. The first-order valence-corrected chi connectivity index (χ1v) is 6.60. The Hall–Kier alpha value is -1.14. The Morgan fingerprint density at radius 3 is 2.89 bits per heavy atom. The number of nitrogens with zero attached hydrogens (tertiary/aromatic N) is 1. The van der Waals surface area contributed by atoms with Crippen LogP contribution in [0.1, 0.15) is 32.6 Å². The molecule has 6 heteroatoms. The second-order valence-corrected chi connectivity index (χ2v) is 4.54. The fourth-order valence-electron chi connectivity index (χ4n) is 2.31. The van der Waals surface area contributed by atoms with Gasteiger partial charge < -0.3 is 10.4 Å². The highest BCUT2D eigenvalue weighted by Crippen LogP contribution is 2.20. The van der Waals surface area contributed by atoms with Crippen LogP contribution in [-0.4, -0.2) is 54.2 Å². The second kappa shape index (κ2) is 8.05. The van der Waals surface area contributed by atoms with Gasteiger partial charge in [-0.1, -0.05) is 0 Å². The lowest BCUT2D eigenvalue weighted by Crippen LogP contribution is -2.45. The Morgan fingerprint density at radius 2 is 2.22 bits per heavy atom. The highest BCUT2D eigenvalue weighted by Gasteiger charge is 2.25. The van der Waals surface area contributed by atoms with Crippen LogP contribution in [0.3, 0.4) is 0 Å². The Morgan fingerprint density at radius 1 is 1.44 bits per heavy atom. The molecule has 18 heavy (non-hydrogen) atoms. The predicted octanol–water partition coefficient (Wildman–Crippen LogP) is 0.0690. The van der Waals surface area contributed by atoms with E-state index in [1.807, 2.05) is 0 Å². The van der Waals surface area contributed by atoms with Crippen LogP contribution in [0.15, 0.2) is 0 Å². The molecule has 1 aliphatic rings. The summed E-state index contributed by atoms with van der Waals surface area (Å²) in [6.07, 6.45) is 3.81. The summed E-state index contributed by atoms with van der Waals surface area (Å²) in [5.74, 6) is -0.267. The van der Waals surface area contributed by atoms with Crippen LogP contribution in [0.5, 0.6) is 0 Å². The van der Waals surface area contributed by atoms with Crippen molar-refractivity contribution in [3.8, 4) is 0 Å². The van der Waals surface area contributed by atoms with Gasteiger partial charge in [0.25, 0.3) is 0 Å². The van der Waals surface area contributed by atoms with Crippen molar-refractivity contribution in [1.29, 1.82) is 0 Å². The second-order valence-electron chi connectivity index (χ2n) is 4.54. The Kier molecular flexibility index (Phi) is 6.67. The van der Waals surface area contributed by atoms with E-state index in [2.05, 4.69) is 15.5 Å². The van der Waals surface area contributed by atoms with E-state index in [4.69, 9.17) is 5.11 Å². The normalized spacial score (nSPS) is 19.8. The number of imide groups is 1. The smallest absolute Gasteiger partial charge is 0.321 e. The van der Waals surface area contributed by atoms with Crippen LogP contribution in [0.2, 0.25) is 0 Å². The average Bonchev–Trinajstić information content (AvgIpc) is 2.73. The van der Waals surface area contributed by atoms with Gasteiger partial charge in [0, 0.05) is 19.2 Å². The zero-order valence-electron chi connectivity index (χ0n) is 10.9. The molecule has 1 saturated heterocycles. The minimum atomic E-state index is -0.436. The number of nitrogens with one attached hydrogen (secondary N) is 2. The summed E-state index contributed by atoms with van der Waals surface area (Å²) in [6.45, 7) is 3.64. The van der Waals surface area contributed by atoms with Gasteiger partial charge in [-0.3, -0.25) is 15.0 Å². The first-order chi connectivity index (χ1) is 8.67. The lowest BCUT2D eigenvalue weighted by atomic mass is 10.1. The molecule has 6 nitrogen and oxygen atoms in total. The number of likely N-dealkylation sites (tertiary alicyclic amines) is 1. The summed E-state index contributed by atoms with van der Waals surface area (Å²) in [4.78, 5) is 24.9. The molecule has 1 unspecified atom stereocenters. The molecular formula is C12H23N3O3. The molecule has 0 bridgehead atoms. The van der Waals surface area contributed by atoms with Crippen molar-refractivity contribution in [2.75, 3.05) is 26.2 Å². The molecular weight excluding hydrogens is 234 g/mol. The van der Waals surface area contributed by atoms with Crippen molar-refractivity contribution < 1.29 is 14.7 Å². The number of carbonyl (C=O) groups excluding carboxylic acids is 2. The van der Waals surface area contributed by atoms with Crippen LogP contribution in [-0.2, 0) is 4.79 Å².